The van der Waals surface area contributed by atoms with Gasteiger partial charge in [-0.2, -0.15) is 0 Å². The van der Waals surface area contributed by atoms with Gasteiger partial charge in [-0.1, -0.05) is 29.9 Å². The smallest absolute Gasteiger partial charge is 0.128 e. The van der Waals surface area contributed by atoms with E-state index in [4.69, 9.17) is 29.6 Å². The van der Waals surface area contributed by atoms with Crippen LogP contribution < -0.4 is 5.73 Å². The quantitative estimate of drug-likeness (QED) is 0.688. The van der Waals surface area contributed by atoms with Gasteiger partial charge in [0.15, 0.2) is 0 Å². The van der Waals surface area contributed by atoms with E-state index in [0.29, 0.717) is 21.3 Å². The molecular weight excluding hydrogens is 303 g/mol. The number of aromatic nitrogens is 1. The molecule has 0 aliphatic rings. The van der Waals surface area contributed by atoms with Crippen LogP contribution in [0.25, 0.3) is 0 Å². The second kappa shape index (κ2) is 6.32. The van der Waals surface area contributed by atoms with Crippen LogP contribution in [0.2, 0.25) is 5.02 Å². The molecule has 0 bridgehead atoms. The standard InChI is InChI=1S/C13H10ClFN2S2/c14-10-2-1-3-11(15)9(10)7-19-12-6-8(13(16)18)4-5-17-12/h1-6H,7H2,(H2,16,18). The van der Waals surface area contributed by atoms with Crippen molar-refractivity contribution < 1.29 is 4.39 Å². The molecule has 1 heterocycles. The van der Waals surface area contributed by atoms with Gasteiger partial charge in [-0.3, -0.25) is 0 Å². The Labute approximate surface area is 125 Å². The van der Waals surface area contributed by atoms with E-state index in [0.717, 1.165) is 10.6 Å². The van der Waals surface area contributed by atoms with Crippen LogP contribution in [0.4, 0.5) is 4.39 Å². The van der Waals surface area contributed by atoms with Crippen LogP contribution in [0.15, 0.2) is 41.6 Å². The molecule has 2 aromatic rings. The average molecular weight is 313 g/mol. The van der Waals surface area contributed by atoms with Crippen molar-refractivity contribution in [1.29, 1.82) is 0 Å². The maximum absolute atomic E-state index is 13.6. The number of rotatable bonds is 4. The van der Waals surface area contributed by atoms with Gasteiger partial charge in [0, 0.05) is 28.1 Å². The molecule has 0 aliphatic heterocycles. The number of nitrogens with two attached hydrogens (primary N) is 1. The minimum absolute atomic E-state index is 0.313. The van der Waals surface area contributed by atoms with Crippen LogP contribution in [0.5, 0.6) is 0 Å². The Morgan fingerprint density at radius 3 is 2.89 bits per heavy atom. The highest BCUT2D eigenvalue weighted by Crippen LogP contribution is 2.27. The van der Waals surface area contributed by atoms with Gasteiger partial charge < -0.3 is 5.73 Å². The lowest BCUT2D eigenvalue weighted by Crippen LogP contribution is -2.09. The van der Waals surface area contributed by atoms with Crippen molar-refractivity contribution in [1.82, 2.24) is 4.98 Å². The number of hydrogen-bond acceptors (Lipinski definition) is 3. The van der Waals surface area contributed by atoms with Crippen LogP contribution in [0, 0.1) is 5.82 Å². The molecule has 1 aromatic heterocycles. The van der Waals surface area contributed by atoms with Crippen LogP contribution in [0.3, 0.4) is 0 Å². The van der Waals surface area contributed by atoms with Gasteiger partial charge in [0.1, 0.15) is 10.8 Å². The Balaban J connectivity index is 2.15. The van der Waals surface area contributed by atoms with Gasteiger partial charge >= 0.3 is 0 Å². The van der Waals surface area contributed by atoms with Gasteiger partial charge in [0.25, 0.3) is 0 Å². The van der Waals surface area contributed by atoms with Gasteiger partial charge in [-0.15, -0.1) is 11.8 Å². The Bertz CT molecular complexity index is 599. The predicted octanol–water partition coefficient (Wildman–Crippen LogP) is 3.80. The number of nitrogens with zero attached hydrogens (tertiary/aromatic N) is 1. The summed E-state index contributed by atoms with van der Waals surface area (Å²) in [5.41, 5.74) is 6.76. The summed E-state index contributed by atoms with van der Waals surface area (Å²) >= 11 is 12.2. The fraction of sp³-hybridized carbons (Fsp3) is 0.0769. The predicted molar refractivity (Wildman–Crippen MR) is 81.1 cm³/mol. The van der Waals surface area contributed by atoms with E-state index in [-0.39, 0.29) is 5.82 Å². The topological polar surface area (TPSA) is 38.9 Å². The minimum Gasteiger partial charge on any atom is -0.389 e. The molecular formula is C13H10ClFN2S2. The molecule has 0 saturated heterocycles. The molecule has 6 heteroatoms. The maximum atomic E-state index is 13.6. The molecule has 0 amide bonds. The minimum atomic E-state index is -0.314. The number of hydrogen-bond donors (Lipinski definition) is 1. The van der Waals surface area contributed by atoms with Gasteiger partial charge in [-0.05, 0) is 24.3 Å². The van der Waals surface area contributed by atoms with Crippen molar-refractivity contribution in [2.75, 3.05) is 0 Å². The molecule has 0 radical (unpaired) electrons. The Morgan fingerprint density at radius 1 is 1.42 bits per heavy atom. The van der Waals surface area contributed by atoms with Crippen molar-refractivity contribution in [3.05, 3.63) is 58.5 Å². The summed E-state index contributed by atoms with van der Waals surface area (Å²) in [6.07, 6.45) is 1.62. The van der Waals surface area contributed by atoms with Crippen LogP contribution in [0.1, 0.15) is 11.1 Å². The van der Waals surface area contributed by atoms with Crippen molar-refractivity contribution in [3.8, 4) is 0 Å². The first kappa shape index (κ1) is 14.2. The molecule has 0 fully saturated rings. The summed E-state index contributed by atoms with van der Waals surface area (Å²) in [7, 11) is 0. The Kier molecular flexibility index (Phi) is 4.74. The molecule has 2 nitrogen and oxygen atoms in total. The van der Waals surface area contributed by atoms with Gasteiger partial charge in [0.05, 0.1) is 5.03 Å². The van der Waals surface area contributed by atoms with Crippen LogP contribution in [-0.4, -0.2) is 9.97 Å². The summed E-state index contributed by atoms with van der Waals surface area (Å²) < 4.78 is 13.6. The Morgan fingerprint density at radius 2 is 2.21 bits per heavy atom. The third-order valence-electron chi connectivity index (χ3n) is 2.45. The fourth-order valence-corrected chi connectivity index (χ4v) is 2.83. The Hall–Kier alpha value is -1.17. The summed E-state index contributed by atoms with van der Waals surface area (Å²) in [4.78, 5) is 4.49. The normalized spacial score (nSPS) is 10.4. The number of benzene rings is 1. The highest BCUT2D eigenvalue weighted by atomic mass is 35.5. The largest absolute Gasteiger partial charge is 0.389 e. The molecule has 19 heavy (non-hydrogen) atoms. The fourth-order valence-electron chi connectivity index (χ4n) is 1.46. The van der Waals surface area contributed by atoms with Crippen molar-refractivity contribution in [2.24, 2.45) is 5.73 Å². The average Bonchev–Trinajstić information content (AvgIpc) is 2.38. The highest BCUT2D eigenvalue weighted by Gasteiger charge is 2.08. The lowest BCUT2D eigenvalue weighted by molar-refractivity contribution is 0.617. The van der Waals surface area contributed by atoms with Crippen molar-refractivity contribution in [3.63, 3.8) is 0 Å². The van der Waals surface area contributed by atoms with Crippen LogP contribution >= 0.6 is 35.6 Å². The number of thioether (sulfide) groups is 1. The van der Waals surface area contributed by atoms with Gasteiger partial charge in [-0.25, -0.2) is 9.37 Å². The lowest BCUT2D eigenvalue weighted by atomic mass is 10.2. The summed E-state index contributed by atoms with van der Waals surface area (Å²) in [5.74, 6) is 0.0877. The summed E-state index contributed by atoms with van der Waals surface area (Å²) in [6.45, 7) is 0. The molecule has 0 saturated carbocycles. The first-order chi connectivity index (χ1) is 9.08. The number of thiocarbonyl (C=S) groups is 1. The zero-order valence-electron chi connectivity index (χ0n) is 9.77. The molecule has 0 atom stereocenters. The van der Waals surface area contributed by atoms with Crippen molar-refractivity contribution >= 4 is 40.6 Å². The van der Waals surface area contributed by atoms with Crippen LogP contribution in [-0.2, 0) is 5.75 Å². The molecule has 0 aliphatic carbocycles. The molecule has 2 N–H and O–H groups in total. The van der Waals surface area contributed by atoms with Gasteiger partial charge in [0.2, 0.25) is 0 Å². The molecule has 1 aromatic carbocycles. The first-order valence-corrected chi connectivity index (χ1v) is 7.16. The third-order valence-corrected chi connectivity index (χ3v) is 3.99. The lowest BCUT2D eigenvalue weighted by Gasteiger charge is -2.06. The zero-order chi connectivity index (χ0) is 13.8. The molecule has 2 rings (SSSR count). The van der Waals surface area contributed by atoms with Crippen molar-refractivity contribution in [2.45, 2.75) is 10.8 Å². The monoisotopic (exact) mass is 312 g/mol. The molecule has 0 unspecified atom stereocenters. The number of halogens is 2. The first-order valence-electron chi connectivity index (χ1n) is 5.39. The molecule has 98 valence electrons. The van der Waals surface area contributed by atoms with E-state index >= 15 is 0 Å². The molecule has 0 spiro atoms. The van der Waals surface area contributed by atoms with E-state index in [1.807, 2.05) is 0 Å². The second-order valence-electron chi connectivity index (χ2n) is 3.74. The highest BCUT2D eigenvalue weighted by molar-refractivity contribution is 7.98. The SMILES string of the molecule is NC(=S)c1ccnc(SCc2c(F)cccc2Cl)c1. The maximum Gasteiger partial charge on any atom is 0.128 e. The van der Waals surface area contributed by atoms with E-state index in [2.05, 4.69) is 4.98 Å². The van der Waals surface area contributed by atoms with E-state index in [1.165, 1.54) is 17.8 Å². The van der Waals surface area contributed by atoms with E-state index < -0.39 is 0 Å². The zero-order valence-corrected chi connectivity index (χ0v) is 12.2. The second-order valence-corrected chi connectivity index (χ2v) is 5.58. The number of pyridine rings is 1. The van der Waals surface area contributed by atoms with E-state index in [9.17, 15) is 4.39 Å². The summed E-state index contributed by atoms with van der Waals surface area (Å²) in [5, 5.41) is 1.14. The van der Waals surface area contributed by atoms with E-state index in [1.54, 1.807) is 30.5 Å². The third kappa shape index (κ3) is 3.65. The summed E-state index contributed by atoms with van der Waals surface area (Å²) in [6, 6.07) is 8.15.